The van der Waals surface area contributed by atoms with Crippen LogP contribution in [0.3, 0.4) is 0 Å². The highest BCUT2D eigenvalue weighted by Crippen LogP contribution is 2.63. The van der Waals surface area contributed by atoms with Crippen molar-refractivity contribution in [3.05, 3.63) is 0 Å². The Morgan fingerprint density at radius 3 is 2.06 bits per heavy atom. The van der Waals surface area contributed by atoms with Crippen molar-refractivity contribution < 1.29 is 4.57 Å². The number of hydrogen-bond donors (Lipinski definition) is 0. The van der Waals surface area contributed by atoms with Gasteiger partial charge in [0.2, 0.25) is 0 Å². The third-order valence-corrected chi connectivity index (χ3v) is 7.56. The van der Waals surface area contributed by atoms with Gasteiger partial charge in [0.25, 0.3) is 0 Å². The Labute approximate surface area is 101 Å². The normalized spacial score (nSPS) is 29.4. The molecule has 96 valence electrons. The van der Waals surface area contributed by atoms with E-state index in [0.29, 0.717) is 0 Å². The average molecular weight is 245 g/mol. The Morgan fingerprint density at radius 2 is 1.62 bits per heavy atom. The fraction of sp³-hybridized carbons (Fsp3) is 1.00. The first kappa shape index (κ1) is 14.3. The van der Waals surface area contributed by atoms with Crippen LogP contribution >= 0.6 is 7.29 Å². The van der Waals surface area contributed by atoms with E-state index in [1.807, 2.05) is 0 Å². The van der Waals surface area contributed by atoms with E-state index in [0.717, 1.165) is 25.7 Å². The van der Waals surface area contributed by atoms with Crippen LogP contribution in [-0.4, -0.2) is 29.1 Å². The molecule has 0 saturated carbocycles. The maximum Gasteiger partial charge on any atom is 0.155 e. The summed E-state index contributed by atoms with van der Waals surface area (Å²) in [5, 5.41) is -0.0708. The number of rotatable bonds is 1. The van der Waals surface area contributed by atoms with Crippen LogP contribution in [-0.2, 0) is 4.57 Å². The Kier molecular flexibility index (Phi) is 3.97. The number of nitrogens with zero attached hydrogens (tertiary/aromatic N) is 1. The standard InChI is InChI=1S/C13H28NOP/c1-12(2,3)11-14-9-7-8-10-16(14,15)13(4,5)6/h7-11H2,1-6H3/t16-/m0/s1. The summed E-state index contributed by atoms with van der Waals surface area (Å²) in [5.41, 5.74) is 0.234. The van der Waals surface area contributed by atoms with E-state index in [1.54, 1.807) is 0 Å². The van der Waals surface area contributed by atoms with Gasteiger partial charge in [-0.15, -0.1) is 0 Å². The SMILES string of the molecule is CC(C)(C)CN1CCCC[P@]1(=O)C(C)(C)C. The lowest BCUT2D eigenvalue weighted by atomic mass is 9.97. The molecule has 1 aliphatic heterocycles. The highest BCUT2D eigenvalue weighted by Gasteiger charge is 2.43. The second-order valence-corrected chi connectivity index (χ2v) is 11.0. The second kappa shape index (κ2) is 4.46. The fourth-order valence-corrected chi connectivity index (χ4v) is 6.00. The zero-order chi connectivity index (χ0) is 12.6. The Morgan fingerprint density at radius 1 is 1.06 bits per heavy atom. The van der Waals surface area contributed by atoms with Crippen LogP contribution in [0.15, 0.2) is 0 Å². The summed E-state index contributed by atoms with van der Waals surface area (Å²) in [5.74, 6) is 0. The van der Waals surface area contributed by atoms with Gasteiger partial charge in [0, 0.05) is 24.4 Å². The molecule has 0 radical (unpaired) electrons. The number of hydrogen-bond acceptors (Lipinski definition) is 1. The molecule has 0 spiro atoms. The van der Waals surface area contributed by atoms with Crippen LogP contribution in [0, 0.1) is 5.41 Å². The molecule has 0 N–H and O–H groups in total. The lowest BCUT2D eigenvalue weighted by molar-refractivity contribution is 0.262. The zero-order valence-corrected chi connectivity index (χ0v) is 12.7. The quantitative estimate of drug-likeness (QED) is 0.645. The molecule has 0 amide bonds. The summed E-state index contributed by atoms with van der Waals surface area (Å²) in [6.07, 6.45) is 3.25. The first-order valence-corrected chi connectivity index (χ1v) is 8.25. The van der Waals surface area contributed by atoms with E-state index >= 15 is 0 Å². The van der Waals surface area contributed by atoms with Crippen molar-refractivity contribution >= 4 is 7.29 Å². The largest absolute Gasteiger partial charge is 0.306 e. The first-order valence-electron chi connectivity index (χ1n) is 6.41. The van der Waals surface area contributed by atoms with Crippen molar-refractivity contribution in [3.63, 3.8) is 0 Å². The minimum absolute atomic E-state index is 0.0708. The Bertz CT molecular complexity index is 285. The molecule has 1 aliphatic rings. The van der Waals surface area contributed by atoms with Crippen LogP contribution in [0.4, 0.5) is 0 Å². The summed E-state index contributed by atoms with van der Waals surface area (Å²) in [7, 11) is -2.17. The van der Waals surface area contributed by atoms with Crippen LogP contribution in [0.2, 0.25) is 0 Å². The molecule has 0 aromatic carbocycles. The summed E-state index contributed by atoms with van der Waals surface area (Å²) < 4.78 is 15.5. The minimum atomic E-state index is -2.17. The monoisotopic (exact) mass is 245 g/mol. The topological polar surface area (TPSA) is 20.3 Å². The lowest BCUT2D eigenvalue weighted by Crippen LogP contribution is -2.40. The smallest absolute Gasteiger partial charge is 0.155 e. The average Bonchev–Trinajstić information content (AvgIpc) is 2.04. The molecule has 1 fully saturated rings. The molecule has 3 heteroatoms. The highest BCUT2D eigenvalue weighted by molar-refractivity contribution is 7.63. The van der Waals surface area contributed by atoms with Crippen LogP contribution in [0.25, 0.3) is 0 Å². The van der Waals surface area contributed by atoms with Crippen molar-refractivity contribution in [2.24, 2.45) is 5.41 Å². The molecule has 1 saturated heterocycles. The van der Waals surface area contributed by atoms with Crippen molar-refractivity contribution in [2.45, 2.75) is 59.5 Å². The van der Waals surface area contributed by atoms with Crippen molar-refractivity contribution in [1.82, 2.24) is 4.67 Å². The Hall–Kier alpha value is 0.190. The predicted molar refractivity (Wildman–Crippen MR) is 72.5 cm³/mol. The fourth-order valence-electron chi connectivity index (χ4n) is 2.42. The molecule has 0 unspecified atom stereocenters. The molecular formula is C13H28NOP. The third kappa shape index (κ3) is 3.11. The molecule has 2 nitrogen and oxygen atoms in total. The highest BCUT2D eigenvalue weighted by atomic mass is 31.2. The zero-order valence-electron chi connectivity index (χ0n) is 11.8. The van der Waals surface area contributed by atoms with E-state index in [1.165, 1.54) is 6.42 Å². The molecular weight excluding hydrogens is 217 g/mol. The second-order valence-electron chi connectivity index (χ2n) is 7.25. The van der Waals surface area contributed by atoms with Gasteiger partial charge in [-0.3, -0.25) is 4.67 Å². The van der Waals surface area contributed by atoms with Gasteiger partial charge in [-0.1, -0.05) is 41.5 Å². The molecule has 1 heterocycles. The van der Waals surface area contributed by atoms with Gasteiger partial charge in [-0.2, -0.15) is 0 Å². The van der Waals surface area contributed by atoms with Crippen LogP contribution < -0.4 is 0 Å². The van der Waals surface area contributed by atoms with Gasteiger partial charge in [0.05, 0.1) is 0 Å². The van der Waals surface area contributed by atoms with E-state index in [-0.39, 0.29) is 10.6 Å². The summed E-state index contributed by atoms with van der Waals surface area (Å²) in [4.78, 5) is 0. The van der Waals surface area contributed by atoms with E-state index in [2.05, 4.69) is 46.2 Å². The Balaban J connectivity index is 2.92. The van der Waals surface area contributed by atoms with Crippen LogP contribution in [0.1, 0.15) is 54.4 Å². The van der Waals surface area contributed by atoms with Gasteiger partial charge in [-0.25, -0.2) is 0 Å². The van der Waals surface area contributed by atoms with Gasteiger partial charge >= 0.3 is 0 Å². The van der Waals surface area contributed by atoms with Crippen molar-refractivity contribution in [3.8, 4) is 0 Å². The molecule has 0 aromatic rings. The van der Waals surface area contributed by atoms with Crippen molar-refractivity contribution in [1.29, 1.82) is 0 Å². The predicted octanol–water partition coefficient (Wildman–Crippen LogP) is 4.20. The maximum atomic E-state index is 13.2. The van der Waals surface area contributed by atoms with Gasteiger partial charge in [-0.05, 0) is 18.3 Å². The molecule has 1 atom stereocenters. The van der Waals surface area contributed by atoms with E-state index in [9.17, 15) is 4.57 Å². The summed E-state index contributed by atoms with van der Waals surface area (Å²) in [6.45, 7) is 15.1. The van der Waals surface area contributed by atoms with E-state index < -0.39 is 7.29 Å². The van der Waals surface area contributed by atoms with Gasteiger partial charge in [0.15, 0.2) is 7.29 Å². The third-order valence-electron chi connectivity index (χ3n) is 3.29. The molecule has 0 bridgehead atoms. The maximum absolute atomic E-state index is 13.2. The van der Waals surface area contributed by atoms with Gasteiger partial charge < -0.3 is 4.57 Å². The summed E-state index contributed by atoms with van der Waals surface area (Å²) in [6, 6.07) is 0. The molecule has 1 rings (SSSR count). The minimum Gasteiger partial charge on any atom is -0.306 e. The van der Waals surface area contributed by atoms with Crippen molar-refractivity contribution in [2.75, 3.05) is 19.3 Å². The molecule has 16 heavy (non-hydrogen) atoms. The summed E-state index contributed by atoms with van der Waals surface area (Å²) >= 11 is 0. The molecule has 0 aliphatic carbocycles. The lowest BCUT2D eigenvalue weighted by Gasteiger charge is -2.45. The molecule has 0 aromatic heterocycles. The van der Waals surface area contributed by atoms with Gasteiger partial charge in [0.1, 0.15) is 0 Å². The van der Waals surface area contributed by atoms with E-state index in [4.69, 9.17) is 0 Å². The van der Waals surface area contributed by atoms with Crippen LogP contribution in [0.5, 0.6) is 0 Å². The first-order chi connectivity index (χ1) is 7.06.